The summed E-state index contributed by atoms with van der Waals surface area (Å²) in [6, 6.07) is 12.1. The second-order valence-electron chi connectivity index (χ2n) is 7.31. The Balaban J connectivity index is 1.77. The maximum Gasteiger partial charge on any atom is 0.241 e. The summed E-state index contributed by atoms with van der Waals surface area (Å²) in [5.41, 5.74) is 2.94. The number of amides is 1. The van der Waals surface area contributed by atoms with Gasteiger partial charge in [-0.15, -0.1) is 0 Å². The number of nitrogens with zero attached hydrogens (tertiary/aromatic N) is 3. The summed E-state index contributed by atoms with van der Waals surface area (Å²) < 4.78 is 28.4. The molecule has 3 aromatic rings. The van der Waals surface area contributed by atoms with E-state index < -0.39 is 0 Å². The number of nitrogens with one attached hydrogen (secondary N) is 1. The van der Waals surface area contributed by atoms with E-state index >= 15 is 0 Å². The predicted molar refractivity (Wildman–Crippen MR) is 118 cm³/mol. The molecule has 0 aliphatic heterocycles. The van der Waals surface area contributed by atoms with Crippen molar-refractivity contribution in [2.75, 3.05) is 26.2 Å². The Labute approximate surface area is 181 Å². The molecule has 1 aromatic heterocycles. The van der Waals surface area contributed by atoms with E-state index in [0.29, 0.717) is 12.2 Å². The molecule has 2 aromatic carbocycles. The molecule has 1 N–H and O–H groups in total. The van der Waals surface area contributed by atoms with Gasteiger partial charge < -0.3 is 10.2 Å². The van der Waals surface area contributed by atoms with Gasteiger partial charge in [0.25, 0.3) is 0 Å². The maximum atomic E-state index is 13.5. The van der Waals surface area contributed by atoms with E-state index in [4.69, 9.17) is 0 Å². The number of benzene rings is 2. The smallest absolute Gasteiger partial charge is 0.241 e. The van der Waals surface area contributed by atoms with Crippen LogP contribution in [0.2, 0.25) is 0 Å². The number of aromatic nitrogens is 2. The van der Waals surface area contributed by atoms with E-state index in [1.54, 1.807) is 35.1 Å². The molecule has 0 bridgehead atoms. The molecule has 0 saturated carbocycles. The number of halogens is 2. The highest BCUT2D eigenvalue weighted by Gasteiger charge is 2.17. The lowest BCUT2D eigenvalue weighted by Crippen LogP contribution is -2.32. The summed E-state index contributed by atoms with van der Waals surface area (Å²) in [5.74, 6) is -0.815. The van der Waals surface area contributed by atoms with Gasteiger partial charge in [-0.25, -0.2) is 8.78 Å². The molecule has 7 heteroatoms. The van der Waals surface area contributed by atoms with Gasteiger partial charge in [0.05, 0.1) is 11.9 Å². The van der Waals surface area contributed by atoms with Crippen molar-refractivity contribution in [3.8, 4) is 22.4 Å². The molecule has 164 valence electrons. The third kappa shape index (κ3) is 5.98. The summed E-state index contributed by atoms with van der Waals surface area (Å²) in [6.45, 7) is 7.79. The van der Waals surface area contributed by atoms with Crippen LogP contribution in [0.15, 0.2) is 54.7 Å². The molecule has 0 fully saturated rings. The van der Waals surface area contributed by atoms with Gasteiger partial charge >= 0.3 is 0 Å². The summed E-state index contributed by atoms with van der Waals surface area (Å²) in [7, 11) is 0. The van der Waals surface area contributed by atoms with Crippen LogP contribution in [0, 0.1) is 11.6 Å². The zero-order valence-electron chi connectivity index (χ0n) is 17.9. The van der Waals surface area contributed by atoms with Crippen LogP contribution < -0.4 is 5.32 Å². The second-order valence-corrected chi connectivity index (χ2v) is 7.31. The van der Waals surface area contributed by atoms with Gasteiger partial charge in [-0.1, -0.05) is 26.0 Å². The zero-order chi connectivity index (χ0) is 22.2. The van der Waals surface area contributed by atoms with Crippen LogP contribution in [0.4, 0.5) is 8.78 Å². The topological polar surface area (TPSA) is 50.2 Å². The first-order valence-electron chi connectivity index (χ1n) is 10.6. The van der Waals surface area contributed by atoms with Crippen LogP contribution in [-0.2, 0) is 11.3 Å². The maximum absolute atomic E-state index is 13.5. The molecule has 0 radical (unpaired) electrons. The SMILES string of the molecule is CCN(CC)CCCNC(=O)Cn1ncc(-c2ccc(F)cc2)c1-c1ccc(F)cc1. The third-order valence-corrected chi connectivity index (χ3v) is 5.27. The lowest BCUT2D eigenvalue weighted by molar-refractivity contribution is -0.121. The lowest BCUT2D eigenvalue weighted by atomic mass is 10.0. The highest BCUT2D eigenvalue weighted by Crippen LogP contribution is 2.32. The van der Waals surface area contributed by atoms with Crippen molar-refractivity contribution in [1.29, 1.82) is 0 Å². The number of hydrogen-bond acceptors (Lipinski definition) is 3. The first-order valence-corrected chi connectivity index (χ1v) is 10.6. The standard InChI is InChI=1S/C24H28F2N4O/c1-3-29(4-2)15-5-14-27-23(31)17-30-24(19-8-12-21(26)13-9-19)22(16-28-30)18-6-10-20(25)11-7-18/h6-13,16H,3-5,14-15,17H2,1-2H3,(H,27,31). The Bertz CT molecular complexity index is 980. The molecule has 0 spiro atoms. The van der Waals surface area contributed by atoms with E-state index in [2.05, 4.69) is 29.2 Å². The summed E-state index contributed by atoms with van der Waals surface area (Å²) in [4.78, 5) is 14.8. The first-order chi connectivity index (χ1) is 15.0. The number of hydrogen-bond donors (Lipinski definition) is 1. The molecule has 1 amide bonds. The van der Waals surface area contributed by atoms with Gasteiger partial charge in [0.15, 0.2) is 0 Å². The minimum atomic E-state index is -0.343. The Hall–Kier alpha value is -3.06. The molecule has 1 heterocycles. The van der Waals surface area contributed by atoms with Crippen LogP contribution in [-0.4, -0.2) is 46.8 Å². The van der Waals surface area contributed by atoms with Gasteiger partial charge in [0.1, 0.15) is 18.2 Å². The van der Waals surface area contributed by atoms with E-state index in [9.17, 15) is 13.6 Å². The van der Waals surface area contributed by atoms with Gasteiger partial charge in [-0.2, -0.15) is 5.10 Å². The Morgan fingerprint density at radius 1 is 0.968 bits per heavy atom. The summed E-state index contributed by atoms with van der Waals surface area (Å²) >= 11 is 0. The molecule has 0 aliphatic rings. The van der Waals surface area contributed by atoms with E-state index in [1.165, 1.54) is 24.3 Å². The van der Waals surface area contributed by atoms with Gasteiger partial charge in [-0.3, -0.25) is 9.48 Å². The lowest BCUT2D eigenvalue weighted by Gasteiger charge is -2.17. The predicted octanol–water partition coefficient (Wildman–Crippen LogP) is 4.34. The van der Waals surface area contributed by atoms with E-state index in [-0.39, 0.29) is 24.1 Å². The molecule has 0 unspecified atom stereocenters. The van der Waals surface area contributed by atoms with E-state index in [0.717, 1.165) is 42.7 Å². The number of carbonyl (C=O) groups excluding carboxylic acids is 1. The normalized spacial score (nSPS) is 11.1. The molecular weight excluding hydrogens is 398 g/mol. The Kier molecular flexibility index (Phi) is 7.89. The zero-order valence-corrected chi connectivity index (χ0v) is 17.9. The molecule has 3 rings (SSSR count). The minimum Gasteiger partial charge on any atom is -0.354 e. The average molecular weight is 427 g/mol. The highest BCUT2D eigenvalue weighted by atomic mass is 19.1. The van der Waals surface area contributed by atoms with Crippen LogP contribution in [0.1, 0.15) is 20.3 Å². The molecule has 0 atom stereocenters. The van der Waals surface area contributed by atoms with Gasteiger partial charge in [-0.05, 0) is 68.0 Å². The Morgan fingerprint density at radius 2 is 1.55 bits per heavy atom. The number of rotatable bonds is 10. The highest BCUT2D eigenvalue weighted by molar-refractivity contribution is 5.83. The quantitative estimate of drug-likeness (QED) is 0.491. The fraction of sp³-hybridized carbons (Fsp3) is 0.333. The molecule has 0 saturated heterocycles. The molecule has 5 nitrogen and oxygen atoms in total. The monoisotopic (exact) mass is 426 g/mol. The third-order valence-electron chi connectivity index (χ3n) is 5.27. The van der Waals surface area contributed by atoms with Crippen LogP contribution in [0.3, 0.4) is 0 Å². The van der Waals surface area contributed by atoms with Gasteiger partial charge in [0, 0.05) is 17.7 Å². The van der Waals surface area contributed by atoms with Gasteiger partial charge in [0.2, 0.25) is 5.91 Å². The van der Waals surface area contributed by atoms with Crippen molar-refractivity contribution in [2.45, 2.75) is 26.8 Å². The first kappa shape index (κ1) is 22.6. The molecule has 31 heavy (non-hydrogen) atoms. The minimum absolute atomic E-state index is 0.0408. The van der Waals surface area contributed by atoms with Crippen LogP contribution >= 0.6 is 0 Å². The fourth-order valence-corrected chi connectivity index (χ4v) is 3.52. The van der Waals surface area contributed by atoms with E-state index in [1.807, 2.05) is 0 Å². The van der Waals surface area contributed by atoms with Crippen LogP contribution in [0.25, 0.3) is 22.4 Å². The second kappa shape index (κ2) is 10.8. The van der Waals surface area contributed by atoms with Crippen molar-refractivity contribution in [2.24, 2.45) is 0 Å². The average Bonchev–Trinajstić information content (AvgIpc) is 3.18. The molecule has 0 aliphatic carbocycles. The molecular formula is C24H28F2N4O. The van der Waals surface area contributed by atoms with Crippen molar-refractivity contribution >= 4 is 5.91 Å². The van der Waals surface area contributed by atoms with Crippen molar-refractivity contribution < 1.29 is 13.6 Å². The van der Waals surface area contributed by atoms with Crippen LogP contribution in [0.5, 0.6) is 0 Å². The van der Waals surface area contributed by atoms with Crippen molar-refractivity contribution in [1.82, 2.24) is 20.0 Å². The Morgan fingerprint density at radius 3 is 2.13 bits per heavy atom. The summed E-state index contributed by atoms with van der Waals surface area (Å²) in [5, 5.41) is 7.34. The number of carbonyl (C=O) groups is 1. The van der Waals surface area contributed by atoms with Crippen molar-refractivity contribution in [3.63, 3.8) is 0 Å². The fourth-order valence-electron chi connectivity index (χ4n) is 3.52. The van der Waals surface area contributed by atoms with Crippen molar-refractivity contribution in [3.05, 3.63) is 66.4 Å². The largest absolute Gasteiger partial charge is 0.354 e. The summed E-state index contributed by atoms with van der Waals surface area (Å²) in [6.07, 6.45) is 2.53.